The number of furan rings is 1. The molecule has 2 aromatic heterocycles. The van der Waals surface area contributed by atoms with Crippen molar-refractivity contribution in [2.75, 3.05) is 12.8 Å². The van der Waals surface area contributed by atoms with Crippen LogP contribution >= 0.6 is 11.8 Å². The van der Waals surface area contributed by atoms with Gasteiger partial charge in [0.1, 0.15) is 12.1 Å². The first-order valence-corrected chi connectivity index (χ1v) is 9.88. The molecule has 0 aliphatic rings. The van der Waals surface area contributed by atoms with Gasteiger partial charge < -0.3 is 9.32 Å². The second-order valence-corrected chi connectivity index (χ2v) is 7.66. The number of aromatic nitrogens is 3. The highest BCUT2D eigenvalue weighted by Crippen LogP contribution is 2.24. The van der Waals surface area contributed by atoms with Gasteiger partial charge in [-0.1, -0.05) is 37.7 Å². The average Bonchev–Trinajstić information content (AvgIpc) is 3.36. The van der Waals surface area contributed by atoms with E-state index in [0.29, 0.717) is 11.1 Å². The fourth-order valence-electron chi connectivity index (χ4n) is 2.68. The third kappa shape index (κ3) is 4.42. The monoisotopic (exact) mass is 384 g/mol. The van der Waals surface area contributed by atoms with E-state index in [2.05, 4.69) is 48.3 Å². The highest BCUT2D eigenvalue weighted by atomic mass is 32.2. The molecule has 1 atom stereocenters. The Bertz CT molecular complexity index is 872. The number of nitrogens with zero attached hydrogens (tertiary/aromatic N) is 4. The molecule has 0 saturated heterocycles. The molecule has 27 heavy (non-hydrogen) atoms. The summed E-state index contributed by atoms with van der Waals surface area (Å²) in [5, 5.41) is 8.86. The van der Waals surface area contributed by atoms with E-state index < -0.39 is 0 Å². The summed E-state index contributed by atoms with van der Waals surface area (Å²) in [6.07, 6.45) is 3.29. The summed E-state index contributed by atoms with van der Waals surface area (Å²) in [7, 11) is 1.78. The largest absolute Gasteiger partial charge is 0.467 e. The van der Waals surface area contributed by atoms with Crippen molar-refractivity contribution in [3.8, 4) is 5.69 Å². The zero-order chi connectivity index (χ0) is 19.4. The lowest BCUT2D eigenvalue weighted by Gasteiger charge is -2.23. The summed E-state index contributed by atoms with van der Waals surface area (Å²) in [4.78, 5) is 14.2. The summed E-state index contributed by atoms with van der Waals surface area (Å²) in [5.74, 6) is 1.54. The highest BCUT2D eigenvalue weighted by molar-refractivity contribution is 7.99. The molecular formula is C20H24N4O2S. The third-order valence-corrected chi connectivity index (χ3v) is 5.54. The summed E-state index contributed by atoms with van der Waals surface area (Å²) < 4.78 is 7.29. The van der Waals surface area contributed by atoms with Crippen LogP contribution < -0.4 is 0 Å². The van der Waals surface area contributed by atoms with E-state index in [1.54, 1.807) is 24.5 Å². The van der Waals surface area contributed by atoms with Crippen LogP contribution in [0.2, 0.25) is 0 Å². The SMILES string of the molecule is CC(C)c1ccc(-n2cnnc2SCC(=O)N(C)C(C)c2ccco2)cc1. The lowest BCUT2D eigenvalue weighted by atomic mass is 10.0. The smallest absolute Gasteiger partial charge is 0.233 e. The molecule has 0 radical (unpaired) electrons. The van der Waals surface area contributed by atoms with E-state index in [4.69, 9.17) is 4.42 Å². The van der Waals surface area contributed by atoms with Gasteiger partial charge in [-0.25, -0.2) is 0 Å². The molecule has 3 rings (SSSR count). The first kappa shape index (κ1) is 19.2. The van der Waals surface area contributed by atoms with Crippen LogP contribution in [0.1, 0.15) is 44.1 Å². The van der Waals surface area contributed by atoms with Gasteiger partial charge >= 0.3 is 0 Å². The maximum atomic E-state index is 12.5. The Balaban J connectivity index is 1.65. The molecule has 2 heterocycles. The molecule has 0 saturated carbocycles. The van der Waals surface area contributed by atoms with Crippen molar-refractivity contribution < 1.29 is 9.21 Å². The summed E-state index contributed by atoms with van der Waals surface area (Å²) in [5.41, 5.74) is 2.27. The van der Waals surface area contributed by atoms with Crippen molar-refractivity contribution in [2.24, 2.45) is 0 Å². The Morgan fingerprint density at radius 3 is 2.59 bits per heavy atom. The maximum Gasteiger partial charge on any atom is 0.233 e. The normalized spacial score (nSPS) is 12.3. The molecule has 1 amide bonds. The Kier molecular flexibility index (Phi) is 6.01. The van der Waals surface area contributed by atoms with Crippen LogP contribution in [0.4, 0.5) is 0 Å². The lowest BCUT2D eigenvalue weighted by Crippen LogP contribution is -2.30. The van der Waals surface area contributed by atoms with Crippen LogP contribution in [-0.4, -0.2) is 38.4 Å². The topological polar surface area (TPSA) is 64.2 Å². The van der Waals surface area contributed by atoms with Gasteiger partial charge in [0, 0.05) is 12.7 Å². The molecule has 1 aromatic carbocycles. The molecule has 0 N–H and O–H groups in total. The van der Waals surface area contributed by atoms with Gasteiger partial charge in [-0.2, -0.15) is 0 Å². The van der Waals surface area contributed by atoms with Crippen LogP contribution in [-0.2, 0) is 4.79 Å². The first-order chi connectivity index (χ1) is 13.0. The van der Waals surface area contributed by atoms with Crippen molar-refractivity contribution in [3.63, 3.8) is 0 Å². The quantitative estimate of drug-likeness (QED) is 0.569. The minimum absolute atomic E-state index is 0.00797. The number of carbonyl (C=O) groups is 1. The summed E-state index contributed by atoms with van der Waals surface area (Å²) in [6.45, 7) is 6.28. The molecule has 3 aromatic rings. The highest BCUT2D eigenvalue weighted by Gasteiger charge is 2.20. The van der Waals surface area contributed by atoms with Crippen LogP contribution in [0.25, 0.3) is 5.69 Å². The number of amides is 1. The number of carbonyl (C=O) groups excluding carboxylic acids is 1. The molecule has 1 unspecified atom stereocenters. The zero-order valence-corrected chi connectivity index (χ0v) is 16.8. The predicted octanol–water partition coefficient (Wildman–Crippen LogP) is 4.30. The Morgan fingerprint density at radius 1 is 1.22 bits per heavy atom. The molecule has 7 heteroatoms. The van der Waals surface area contributed by atoms with E-state index in [1.165, 1.54) is 17.3 Å². The van der Waals surface area contributed by atoms with E-state index in [9.17, 15) is 4.79 Å². The number of thioether (sulfide) groups is 1. The fraction of sp³-hybridized carbons (Fsp3) is 0.350. The molecule has 6 nitrogen and oxygen atoms in total. The number of benzene rings is 1. The average molecular weight is 385 g/mol. The molecule has 0 bridgehead atoms. The van der Waals surface area contributed by atoms with Gasteiger partial charge in [0.05, 0.1) is 18.1 Å². The Labute approximate surface area is 163 Å². The van der Waals surface area contributed by atoms with Crippen molar-refractivity contribution >= 4 is 17.7 Å². The van der Waals surface area contributed by atoms with Gasteiger partial charge in [0.2, 0.25) is 5.91 Å². The van der Waals surface area contributed by atoms with Crippen LogP contribution in [0.3, 0.4) is 0 Å². The van der Waals surface area contributed by atoms with E-state index in [-0.39, 0.29) is 17.7 Å². The second-order valence-electron chi connectivity index (χ2n) is 6.71. The number of hydrogen-bond donors (Lipinski definition) is 0. The lowest BCUT2D eigenvalue weighted by molar-refractivity contribution is -0.129. The van der Waals surface area contributed by atoms with Gasteiger partial charge in [0.25, 0.3) is 0 Å². The van der Waals surface area contributed by atoms with Gasteiger partial charge in [-0.3, -0.25) is 9.36 Å². The number of hydrogen-bond acceptors (Lipinski definition) is 5. The third-order valence-electron chi connectivity index (χ3n) is 4.61. The van der Waals surface area contributed by atoms with Crippen molar-refractivity contribution in [3.05, 3.63) is 60.3 Å². The van der Waals surface area contributed by atoms with Crippen molar-refractivity contribution in [2.45, 2.75) is 37.9 Å². The second kappa shape index (κ2) is 8.43. The van der Waals surface area contributed by atoms with Crippen molar-refractivity contribution in [1.29, 1.82) is 0 Å². The van der Waals surface area contributed by atoms with Gasteiger partial charge in [-0.15, -0.1) is 10.2 Å². The Hall–Kier alpha value is -2.54. The van der Waals surface area contributed by atoms with Crippen LogP contribution in [0.15, 0.2) is 58.6 Å². The molecular weight excluding hydrogens is 360 g/mol. The van der Waals surface area contributed by atoms with Crippen molar-refractivity contribution in [1.82, 2.24) is 19.7 Å². The van der Waals surface area contributed by atoms with Crippen LogP contribution in [0, 0.1) is 0 Å². The minimum Gasteiger partial charge on any atom is -0.467 e. The first-order valence-electron chi connectivity index (χ1n) is 8.89. The zero-order valence-electron chi connectivity index (χ0n) is 16.0. The standard InChI is InChI=1S/C20H24N4O2S/c1-14(2)16-7-9-17(10-8-16)24-13-21-22-20(24)27-12-19(25)23(4)15(3)18-6-5-11-26-18/h5-11,13-15H,12H2,1-4H3. The molecule has 0 spiro atoms. The van der Waals surface area contributed by atoms with E-state index >= 15 is 0 Å². The summed E-state index contributed by atoms with van der Waals surface area (Å²) in [6, 6.07) is 11.9. The molecule has 0 aliphatic heterocycles. The fourth-order valence-corrected chi connectivity index (χ4v) is 3.54. The molecule has 0 aliphatic carbocycles. The number of rotatable bonds is 7. The Morgan fingerprint density at radius 2 is 1.96 bits per heavy atom. The predicted molar refractivity (Wildman–Crippen MR) is 106 cm³/mol. The van der Waals surface area contributed by atoms with Crippen LogP contribution in [0.5, 0.6) is 0 Å². The van der Waals surface area contributed by atoms with Gasteiger partial charge in [0.15, 0.2) is 5.16 Å². The molecule has 0 fully saturated rings. The molecule has 142 valence electrons. The maximum absolute atomic E-state index is 12.5. The summed E-state index contributed by atoms with van der Waals surface area (Å²) >= 11 is 1.38. The van der Waals surface area contributed by atoms with Gasteiger partial charge in [-0.05, 0) is 42.7 Å². The van der Waals surface area contributed by atoms with E-state index in [1.807, 2.05) is 23.6 Å². The minimum atomic E-state index is -0.116. The van der Waals surface area contributed by atoms with E-state index in [0.717, 1.165) is 11.4 Å².